The minimum absolute atomic E-state index is 0.304. The van der Waals surface area contributed by atoms with Crippen LogP contribution in [-0.4, -0.2) is 36.2 Å². The smallest absolute Gasteiger partial charge is 0.135 e. The zero-order valence-electron chi connectivity index (χ0n) is 10.7. The first-order valence-electron chi connectivity index (χ1n) is 6.16. The van der Waals surface area contributed by atoms with Crippen LogP contribution in [-0.2, 0) is 11.3 Å². The Morgan fingerprint density at radius 3 is 2.89 bits per heavy atom. The Morgan fingerprint density at radius 1 is 1.44 bits per heavy atom. The molecule has 2 rings (SSSR count). The topological polar surface area (TPSA) is 25.4 Å². The zero-order chi connectivity index (χ0) is 13.1. The van der Waals surface area contributed by atoms with Crippen LogP contribution in [0.4, 0.5) is 0 Å². The number of piperidine rings is 1. The molecule has 2 atom stereocenters. The molecule has 100 valence electrons. The van der Waals surface area contributed by atoms with E-state index in [0.29, 0.717) is 22.3 Å². The van der Waals surface area contributed by atoms with Gasteiger partial charge in [-0.1, -0.05) is 36.2 Å². The molecule has 1 aliphatic rings. The third kappa shape index (κ3) is 3.35. The first kappa shape index (κ1) is 14.1. The first-order valence-corrected chi connectivity index (χ1v) is 6.92. The Labute approximate surface area is 118 Å². The lowest BCUT2D eigenvalue weighted by molar-refractivity contribution is -0.00746. The summed E-state index contributed by atoms with van der Waals surface area (Å²) in [7, 11) is 1.78. The molecule has 1 aliphatic heterocycles. The minimum atomic E-state index is 0.304. The summed E-state index contributed by atoms with van der Waals surface area (Å²) >= 11 is 11.9. The monoisotopic (exact) mass is 288 g/mol. The molecular formula is C13H18Cl2N2O. The van der Waals surface area contributed by atoms with E-state index in [1.165, 1.54) is 0 Å². The van der Waals surface area contributed by atoms with Gasteiger partial charge in [0, 0.05) is 25.8 Å². The molecule has 2 heterocycles. The molecule has 5 heteroatoms. The molecule has 0 saturated carbocycles. The van der Waals surface area contributed by atoms with Crippen molar-refractivity contribution >= 4 is 23.2 Å². The van der Waals surface area contributed by atoms with Gasteiger partial charge in [-0.25, -0.2) is 4.98 Å². The third-order valence-corrected chi connectivity index (χ3v) is 4.10. The van der Waals surface area contributed by atoms with Crippen molar-refractivity contribution in [3.8, 4) is 0 Å². The van der Waals surface area contributed by atoms with Crippen molar-refractivity contribution in [3.63, 3.8) is 0 Å². The number of hydrogen-bond donors (Lipinski definition) is 0. The predicted molar refractivity (Wildman–Crippen MR) is 74.1 cm³/mol. The highest BCUT2D eigenvalue weighted by Gasteiger charge is 2.26. The van der Waals surface area contributed by atoms with E-state index >= 15 is 0 Å². The summed E-state index contributed by atoms with van der Waals surface area (Å²) in [6.07, 6.45) is 1.45. The quantitative estimate of drug-likeness (QED) is 0.799. The van der Waals surface area contributed by atoms with Gasteiger partial charge in [0.25, 0.3) is 0 Å². The summed E-state index contributed by atoms with van der Waals surface area (Å²) in [5.74, 6) is 0.616. The van der Waals surface area contributed by atoms with Crippen LogP contribution in [0.5, 0.6) is 0 Å². The van der Waals surface area contributed by atoms with Crippen molar-refractivity contribution in [2.75, 3.05) is 20.2 Å². The maximum absolute atomic E-state index is 6.09. The van der Waals surface area contributed by atoms with Crippen molar-refractivity contribution < 1.29 is 4.74 Å². The van der Waals surface area contributed by atoms with Crippen LogP contribution in [0.15, 0.2) is 12.1 Å². The highest BCUT2D eigenvalue weighted by molar-refractivity contribution is 6.32. The van der Waals surface area contributed by atoms with E-state index in [1.54, 1.807) is 13.2 Å². The molecule has 0 N–H and O–H groups in total. The predicted octanol–water partition coefficient (Wildman–Crippen LogP) is 3.25. The number of likely N-dealkylation sites (tertiary alicyclic amines) is 1. The van der Waals surface area contributed by atoms with E-state index in [1.807, 2.05) is 6.07 Å². The van der Waals surface area contributed by atoms with Crippen molar-refractivity contribution in [1.82, 2.24) is 9.88 Å². The van der Waals surface area contributed by atoms with Crippen LogP contribution in [0.1, 0.15) is 18.9 Å². The van der Waals surface area contributed by atoms with Crippen LogP contribution in [0.25, 0.3) is 0 Å². The maximum Gasteiger partial charge on any atom is 0.135 e. The number of methoxy groups -OCH3 is 1. The van der Waals surface area contributed by atoms with E-state index in [9.17, 15) is 0 Å². The molecule has 1 saturated heterocycles. The Hall–Kier alpha value is -0.350. The number of ether oxygens (including phenoxy) is 1. The van der Waals surface area contributed by atoms with E-state index < -0.39 is 0 Å². The molecule has 0 aliphatic carbocycles. The molecule has 18 heavy (non-hydrogen) atoms. The number of pyridine rings is 1. The second kappa shape index (κ2) is 6.20. The highest BCUT2D eigenvalue weighted by Crippen LogP contribution is 2.23. The van der Waals surface area contributed by atoms with Crippen molar-refractivity contribution in [2.24, 2.45) is 5.92 Å². The minimum Gasteiger partial charge on any atom is -0.380 e. The number of aromatic nitrogens is 1. The molecule has 0 bridgehead atoms. The number of rotatable bonds is 3. The molecule has 1 fully saturated rings. The highest BCUT2D eigenvalue weighted by atomic mass is 35.5. The van der Waals surface area contributed by atoms with Crippen LogP contribution < -0.4 is 0 Å². The first-order chi connectivity index (χ1) is 8.60. The van der Waals surface area contributed by atoms with E-state index in [4.69, 9.17) is 27.9 Å². The summed E-state index contributed by atoms with van der Waals surface area (Å²) < 4.78 is 5.51. The zero-order valence-corrected chi connectivity index (χ0v) is 12.2. The normalized spacial score (nSPS) is 25.3. The van der Waals surface area contributed by atoms with Crippen molar-refractivity contribution in [3.05, 3.63) is 28.0 Å². The second-order valence-corrected chi connectivity index (χ2v) is 5.60. The van der Waals surface area contributed by atoms with Gasteiger partial charge in [0.05, 0.1) is 6.10 Å². The van der Waals surface area contributed by atoms with E-state index in [0.717, 1.165) is 31.6 Å². The molecular weight excluding hydrogens is 271 g/mol. The van der Waals surface area contributed by atoms with Crippen LogP contribution in [0, 0.1) is 5.92 Å². The summed E-state index contributed by atoms with van der Waals surface area (Å²) in [5, 5.41) is 0.931. The number of hydrogen-bond acceptors (Lipinski definition) is 3. The van der Waals surface area contributed by atoms with Gasteiger partial charge < -0.3 is 4.74 Å². The van der Waals surface area contributed by atoms with Gasteiger partial charge in [0.15, 0.2) is 0 Å². The molecule has 0 spiro atoms. The van der Waals surface area contributed by atoms with Gasteiger partial charge in [0.1, 0.15) is 10.3 Å². The maximum atomic E-state index is 6.09. The molecule has 0 amide bonds. The summed E-state index contributed by atoms with van der Waals surface area (Å²) in [5.41, 5.74) is 1.02. The lowest BCUT2D eigenvalue weighted by Crippen LogP contribution is -2.43. The lowest BCUT2D eigenvalue weighted by Gasteiger charge is -2.36. The third-order valence-electron chi connectivity index (χ3n) is 3.56. The average molecular weight is 289 g/mol. The molecule has 2 unspecified atom stereocenters. The van der Waals surface area contributed by atoms with Gasteiger partial charge in [-0.05, 0) is 24.9 Å². The number of nitrogens with zero attached hydrogens (tertiary/aromatic N) is 2. The molecule has 0 aromatic carbocycles. The lowest BCUT2D eigenvalue weighted by atomic mass is 9.95. The molecule has 0 radical (unpaired) electrons. The molecule has 1 aromatic heterocycles. The van der Waals surface area contributed by atoms with Crippen molar-refractivity contribution in [2.45, 2.75) is 26.0 Å². The van der Waals surface area contributed by atoms with Crippen LogP contribution in [0.3, 0.4) is 0 Å². The van der Waals surface area contributed by atoms with Gasteiger partial charge in [-0.2, -0.15) is 0 Å². The molecule has 3 nitrogen and oxygen atoms in total. The fourth-order valence-electron chi connectivity index (χ4n) is 2.35. The van der Waals surface area contributed by atoms with Crippen molar-refractivity contribution in [1.29, 1.82) is 0 Å². The van der Waals surface area contributed by atoms with Gasteiger partial charge in [0.2, 0.25) is 0 Å². The Morgan fingerprint density at radius 2 is 2.22 bits per heavy atom. The molecule has 1 aromatic rings. The Kier molecular flexibility index (Phi) is 4.84. The Bertz CT molecular complexity index is 414. The SMILES string of the molecule is COC1CN(Cc2ccc(Cl)nc2Cl)CCC1C. The number of halogens is 2. The Balaban J connectivity index is 2.01. The fraction of sp³-hybridized carbons (Fsp3) is 0.615. The van der Waals surface area contributed by atoms with E-state index in [2.05, 4.69) is 16.8 Å². The summed E-state index contributed by atoms with van der Waals surface area (Å²) in [6.45, 7) is 5.05. The second-order valence-electron chi connectivity index (χ2n) is 4.86. The summed E-state index contributed by atoms with van der Waals surface area (Å²) in [6, 6.07) is 3.72. The average Bonchev–Trinajstić information content (AvgIpc) is 2.35. The van der Waals surface area contributed by atoms with Gasteiger partial charge in [-0.3, -0.25) is 4.90 Å². The van der Waals surface area contributed by atoms with Crippen LogP contribution >= 0.6 is 23.2 Å². The fourth-order valence-corrected chi connectivity index (χ4v) is 2.75. The van der Waals surface area contributed by atoms with E-state index in [-0.39, 0.29) is 0 Å². The largest absolute Gasteiger partial charge is 0.380 e. The summed E-state index contributed by atoms with van der Waals surface area (Å²) in [4.78, 5) is 6.42. The van der Waals surface area contributed by atoms with Gasteiger partial charge >= 0.3 is 0 Å². The standard InChI is InChI=1S/C13H18Cl2N2O/c1-9-5-6-17(8-11(9)18-2)7-10-3-4-12(14)16-13(10)15/h3-4,9,11H,5-8H2,1-2H3. The van der Waals surface area contributed by atoms with Crippen LogP contribution in [0.2, 0.25) is 10.3 Å². The van der Waals surface area contributed by atoms with Gasteiger partial charge in [-0.15, -0.1) is 0 Å².